The summed E-state index contributed by atoms with van der Waals surface area (Å²) in [4.78, 5) is 0. The molecule has 2 N–H and O–H groups in total. The molecule has 1 aliphatic rings. The molecular formula is C5H10N2O. The second-order valence-electron chi connectivity index (χ2n) is 2.36. The molecule has 0 spiro atoms. The fourth-order valence-corrected chi connectivity index (χ4v) is 0.924. The molecule has 8 heavy (non-hydrogen) atoms. The number of hydrogen-bond donors (Lipinski definition) is 1. The van der Waals surface area contributed by atoms with Crippen LogP contribution in [0.3, 0.4) is 0 Å². The SMILES string of the molecule is CC1CC(N)=[N+]([O-])C1. The molecule has 1 unspecified atom stereocenters. The number of rotatable bonds is 0. The molecule has 0 bridgehead atoms. The number of hydrogen-bond acceptors (Lipinski definition) is 2. The van der Waals surface area contributed by atoms with E-state index in [9.17, 15) is 5.21 Å². The van der Waals surface area contributed by atoms with Crippen LogP contribution < -0.4 is 5.73 Å². The van der Waals surface area contributed by atoms with E-state index >= 15 is 0 Å². The zero-order valence-corrected chi connectivity index (χ0v) is 4.92. The van der Waals surface area contributed by atoms with Gasteiger partial charge < -0.3 is 5.21 Å². The van der Waals surface area contributed by atoms with Crippen LogP contribution in [0.2, 0.25) is 0 Å². The topological polar surface area (TPSA) is 52.1 Å². The maximum absolute atomic E-state index is 10.5. The highest BCUT2D eigenvalue weighted by molar-refractivity contribution is 5.76. The molecule has 0 saturated carbocycles. The van der Waals surface area contributed by atoms with Crippen molar-refractivity contribution in [1.82, 2.24) is 0 Å². The summed E-state index contributed by atoms with van der Waals surface area (Å²) in [5.74, 6) is 0.935. The molecule has 0 amide bonds. The normalized spacial score (nSPS) is 29.4. The van der Waals surface area contributed by atoms with Crippen LogP contribution in [0.15, 0.2) is 0 Å². The highest BCUT2D eigenvalue weighted by Gasteiger charge is 2.18. The van der Waals surface area contributed by atoms with Gasteiger partial charge >= 0.3 is 0 Å². The van der Waals surface area contributed by atoms with E-state index in [1.807, 2.05) is 6.92 Å². The van der Waals surface area contributed by atoms with Crippen molar-refractivity contribution >= 4 is 5.84 Å². The van der Waals surface area contributed by atoms with Gasteiger partial charge in [0.15, 0.2) is 0 Å². The Labute approximate surface area is 48.4 Å². The van der Waals surface area contributed by atoms with Gasteiger partial charge in [-0.2, -0.15) is 0 Å². The average molecular weight is 114 g/mol. The van der Waals surface area contributed by atoms with Crippen LogP contribution in [-0.2, 0) is 0 Å². The summed E-state index contributed by atoms with van der Waals surface area (Å²) in [6, 6.07) is 0. The van der Waals surface area contributed by atoms with Crippen molar-refractivity contribution in [3.05, 3.63) is 5.21 Å². The highest BCUT2D eigenvalue weighted by Crippen LogP contribution is 2.07. The van der Waals surface area contributed by atoms with Crippen molar-refractivity contribution in [3.8, 4) is 0 Å². The van der Waals surface area contributed by atoms with Gasteiger partial charge in [0.05, 0.1) is 13.0 Å². The summed E-state index contributed by atoms with van der Waals surface area (Å²) in [6.45, 7) is 2.59. The van der Waals surface area contributed by atoms with Crippen LogP contribution in [0, 0.1) is 11.1 Å². The third-order valence-corrected chi connectivity index (χ3v) is 1.36. The number of hydroxylamine groups is 1. The maximum atomic E-state index is 10.5. The molecule has 1 atom stereocenters. The van der Waals surface area contributed by atoms with Gasteiger partial charge in [-0.25, -0.2) is 0 Å². The molecule has 0 aliphatic carbocycles. The maximum Gasteiger partial charge on any atom is 0.245 e. The lowest BCUT2D eigenvalue weighted by atomic mass is 10.1. The first kappa shape index (κ1) is 5.41. The Hall–Kier alpha value is -0.730. The molecule has 0 aromatic heterocycles. The molecule has 3 heteroatoms. The zero-order valence-electron chi connectivity index (χ0n) is 4.92. The summed E-state index contributed by atoms with van der Waals surface area (Å²) in [5.41, 5.74) is 5.30. The van der Waals surface area contributed by atoms with Crippen LogP contribution >= 0.6 is 0 Å². The third-order valence-electron chi connectivity index (χ3n) is 1.36. The quantitative estimate of drug-likeness (QED) is 0.353. The van der Waals surface area contributed by atoms with E-state index in [1.165, 1.54) is 0 Å². The van der Waals surface area contributed by atoms with Crippen molar-refractivity contribution in [2.24, 2.45) is 11.7 Å². The lowest BCUT2D eigenvalue weighted by Crippen LogP contribution is -2.16. The largest absolute Gasteiger partial charge is 0.715 e. The standard InChI is InChI=1S/C5H10N2O/c1-4-2-5(6)7(8)3-4/h4H,2-3,6H2,1H3. The molecule has 3 nitrogen and oxygen atoms in total. The van der Waals surface area contributed by atoms with E-state index in [4.69, 9.17) is 5.73 Å². The Morgan fingerprint density at radius 3 is 2.62 bits per heavy atom. The van der Waals surface area contributed by atoms with E-state index in [-0.39, 0.29) is 0 Å². The second kappa shape index (κ2) is 1.65. The molecule has 0 aromatic carbocycles. The first-order valence-corrected chi connectivity index (χ1v) is 2.76. The van der Waals surface area contributed by atoms with Crippen LogP contribution in [0.5, 0.6) is 0 Å². The lowest BCUT2D eigenvalue weighted by Gasteiger charge is -2.02. The first-order valence-electron chi connectivity index (χ1n) is 2.76. The van der Waals surface area contributed by atoms with E-state index in [2.05, 4.69) is 0 Å². The Bertz CT molecular complexity index is 116. The second-order valence-corrected chi connectivity index (χ2v) is 2.36. The zero-order chi connectivity index (χ0) is 6.15. The monoisotopic (exact) mass is 114 g/mol. The first-order chi connectivity index (χ1) is 3.70. The molecular weight excluding hydrogens is 104 g/mol. The number of nitrogens with zero attached hydrogens (tertiary/aromatic N) is 1. The average Bonchev–Trinajstić information content (AvgIpc) is 1.85. The van der Waals surface area contributed by atoms with Gasteiger partial charge in [-0.1, -0.05) is 6.92 Å². The van der Waals surface area contributed by atoms with Crippen molar-refractivity contribution in [2.45, 2.75) is 13.3 Å². The molecule has 1 rings (SSSR count). The van der Waals surface area contributed by atoms with Crippen LogP contribution in [-0.4, -0.2) is 17.1 Å². The van der Waals surface area contributed by atoms with Gasteiger partial charge in [0.25, 0.3) is 0 Å². The number of nitrogens with two attached hydrogens (primary N) is 1. The summed E-state index contributed by atoms with van der Waals surface area (Å²) < 4.78 is 0.866. The summed E-state index contributed by atoms with van der Waals surface area (Å²) in [6.07, 6.45) is 0.767. The van der Waals surface area contributed by atoms with Gasteiger partial charge in [0, 0.05) is 5.92 Å². The predicted octanol–water partition coefficient (Wildman–Crippen LogP) is -0.106. The van der Waals surface area contributed by atoms with Crippen molar-refractivity contribution in [3.63, 3.8) is 0 Å². The van der Waals surface area contributed by atoms with Crippen molar-refractivity contribution in [1.29, 1.82) is 0 Å². The van der Waals surface area contributed by atoms with Gasteiger partial charge in [-0.3, -0.25) is 10.5 Å². The molecule has 0 saturated heterocycles. The third kappa shape index (κ3) is 0.757. The fourth-order valence-electron chi connectivity index (χ4n) is 0.924. The Kier molecular flexibility index (Phi) is 1.12. The van der Waals surface area contributed by atoms with Crippen LogP contribution in [0.25, 0.3) is 0 Å². The molecule has 0 radical (unpaired) electrons. The minimum absolute atomic E-state index is 0.451. The van der Waals surface area contributed by atoms with Crippen LogP contribution in [0.1, 0.15) is 13.3 Å². The van der Waals surface area contributed by atoms with E-state index in [1.54, 1.807) is 0 Å². The van der Waals surface area contributed by atoms with Gasteiger partial charge in [0.1, 0.15) is 0 Å². The van der Waals surface area contributed by atoms with E-state index in [0.717, 1.165) is 11.2 Å². The molecule has 0 aromatic rings. The van der Waals surface area contributed by atoms with E-state index in [0.29, 0.717) is 18.3 Å². The highest BCUT2D eigenvalue weighted by atomic mass is 16.5. The van der Waals surface area contributed by atoms with E-state index < -0.39 is 0 Å². The Morgan fingerprint density at radius 1 is 1.88 bits per heavy atom. The van der Waals surface area contributed by atoms with Gasteiger partial charge in [-0.15, -0.1) is 0 Å². The number of amidine groups is 1. The van der Waals surface area contributed by atoms with Crippen molar-refractivity contribution < 1.29 is 4.74 Å². The summed E-state index contributed by atoms with van der Waals surface area (Å²) >= 11 is 0. The predicted molar refractivity (Wildman–Crippen MR) is 31.5 cm³/mol. The van der Waals surface area contributed by atoms with Crippen LogP contribution in [0.4, 0.5) is 0 Å². The van der Waals surface area contributed by atoms with Gasteiger partial charge in [0.2, 0.25) is 5.84 Å². The molecule has 0 fully saturated rings. The molecule has 1 heterocycles. The summed E-state index contributed by atoms with van der Waals surface area (Å²) in [5, 5.41) is 10.5. The summed E-state index contributed by atoms with van der Waals surface area (Å²) in [7, 11) is 0. The van der Waals surface area contributed by atoms with Crippen molar-refractivity contribution in [2.75, 3.05) is 6.54 Å². The van der Waals surface area contributed by atoms with Gasteiger partial charge in [-0.05, 0) is 0 Å². The fraction of sp³-hybridized carbons (Fsp3) is 0.800. The smallest absolute Gasteiger partial charge is 0.245 e. The molecule has 1 aliphatic heterocycles. The Balaban J connectivity index is 2.60. The molecule has 46 valence electrons. The minimum atomic E-state index is 0.451. The lowest BCUT2D eigenvalue weighted by molar-refractivity contribution is -0.454. The minimum Gasteiger partial charge on any atom is -0.715 e. The Morgan fingerprint density at radius 2 is 2.50 bits per heavy atom.